The van der Waals surface area contributed by atoms with Gasteiger partial charge in [0.1, 0.15) is 12.2 Å². The third kappa shape index (κ3) is 20.7. The highest BCUT2D eigenvalue weighted by molar-refractivity contribution is 5.80. The molecule has 0 aliphatic rings. The summed E-state index contributed by atoms with van der Waals surface area (Å²) in [6.45, 7) is 6.03. The van der Waals surface area contributed by atoms with Crippen LogP contribution < -0.4 is 21.7 Å². The first-order chi connectivity index (χ1) is 7.29. The number of quaternary nitrogens is 2. The molecule has 0 aliphatic carbocycles. The van der Waals surface area contributed by atoms with Crippen molar-refractivity contribution < 1.29 is 47.0 Å². The van der Waals surface area contributed by atoms with E-state index in [9.17, 15) is 19.8 Å². The van der Waals surface area contributed by atoms with E-state index in [1.54, 1.807) is 0 Å². The lowest BCUT2D eigenvalue weighted by atomic mass is 10.2. The molecule has 0 bridgehead atoms. The summed E-state index contributed by atoms with van der Waals surface area (Å²) in [7, 11) is 0. The number of carboxylic acid groups (broad SMARTS) is 2. The summed E-state index contributed by atoms with van der Waals surface area (Å²) < 4.78 is 0. The summed E-state index contributed by atoms with van der Waals surface area (Å²) >= 11 is 0. The van der Waals surface area contributed by atoms with E-state index in [-0.39, 0.29) is 5.48 Å². The highest BCUT2D eigenvalue weighted by Crippen LogP contribution is 1.88. The molecular formula is C8H22N2O7. The molecule has 9 heteroatoms. The van der Waals surface area contributed by atoms with Gasteiger partial charge in [-0.15, -0.1) is 0 Å². The number of hydrogen-bond donors (Lipinski definition) is 4. The molecule has 0 fully saturated rings. The van der Waals surface area contributed by atoms with Gasteiger partial charge in [-0.2, -0.15) is 0 Å². The minimum absolute atomic E-state index is 0. The van der Waals surface area contributed by atoms with E-state index < -0.39 is 24.1 Å². The number of carboxylic acids is 2. The van der Waals surface area contributed by atoms with E-state index in [0.717, 1.165) is 13.1 Å². The fourth-order valence-corrected chi connectivity index (χ4v) is 0.258. The molecular weight excluding hydrogens is 236 g/mol. The van der Waals surface area contributed by atoms with Crippen LogP contribution >= 0.6 is 0 Å². The first kappa shape index (κ1) is 24.8. The molecule has 106 valence electrons. The van der Waals surface area contributed by atoms with Gasteiger partial charge >= 0.3 is 0 Å². The molecule has 10 N–H and O–H groups in total. The molecule has 0 aromatic rings. The van der Waals surface area contributed by atoms with Gasteiger partial charge < -0.3 is 47.0 Å². The van der Waals surface area contributed by atoms with Gasteiger partial charge in [-0.1, -0.05) is 0 Å². The lowest BCUT2D eigenvalue weighted by Gasteiger charge is -2.18. The van der Waals surface area contributed by atoms with Gasteiger partial charge in [0.15, 0.2) is 0 Å². The Hall–Kier alpha value is -1.26. The van der Waals surface area contributed by atoms with Crippen LogP contribution in [0.25, 0.3) is 0 Å². The Labute approximate surface area is 99.0 Å². The second-order valence-electron chi connectivity index (χ2n) is 2.53. The molecule has 17 heavy (non-hydrogen) atoms. The van der Waals surface area contributed by atoms with Gasteiger partial charge in [0.2, 0.25) is 0 Å². The normalized spacial score (nSPS) is 11.4. The van der Waals surface area contributed by atoms with Crippen LogP contribution in [-0.2, 0) is 9.59 Å². The van der Waals surface area contributed by atoms with E-state index in [4.69, 9.17) is 10.2 Å². The van der Waals surface area contributed by atoms with Gasteiger partial charge in [0.05, 0.1) is 25.0 Å². The number of rotatable bonds is 3. The minimum atomic E-state index is -2.44. The van der Waals surface area contributed by atoms with E-state index >= 15 is 0 Å². The predicted molar refractivity (Wildman–Crippen MR) is 52.5 cm³/mol. The number of carbonyl (C=O) groups excluding carboxylic acids is 2. The van der Waals surface area contributed by atoms with Crippen LogP contribution in [0.5, 0.6) is 0 Å². The van der Waals surface area contributed by atoms with Crippen molar-refractivity contribution in [2.45, 2.75) is 26.1 Å². The van der Waals surface area contributed by atoms with Crippen LogP contribution in [0.3, 0.4) is 0 Å². The number of carbonyl (C=O) groups is 2. The highest BCUT2D eigenvalue weighted by Gasteiger charge is 2.17. The van der Waals surface area contributed by atoms with Crippen LogP contribution in [0.15, 0.2) is 0 Å². The Morgan fingerprint density at radius 2 is 1.12 bits per heavy atom. The van der Waals surface area contributed by atoms with Gasteiger partial charge in [0.25, 0.3) is 0 Å². The third-order valence-corrected chi connectivity index (χ3v) is 0.782. The van der Waals surface area contributed by atoms with Crippen LogP contribution in [-0.4, -0.2) is 52.9 Å². The molecule has 0 aliphatic heterocycles. The lowest BCUT2D eigenvalue weighted by Crippen LogP contribution is -2.51. The van der Waals surface area contributed by atoms with Gasteiger partial charge in [-0.25, -0.2) is 0 Å². The van der Waals surface area contributed by atoms with Crippen LogP contribution in [0, 0.1) is 0 Å². The van der Waals surface area contributed by atoms with Crippen molar-refractivity contribution >= 4 is 11.9 Å². The Balaban J connectivity index is -0.000000102. The molecule has 0 amide bonds. The molecule has 0 unspecified atom stereocenters. The quantitative estimate of drug-likeness (QED) is 0.386. The Kier molecular flexibility index (Phi) is 25.0. The molecule has 0 rings (SSSR count). The van der Waals surface area contributed by atoms with Crippen molar-refractivity contribution in [2.24, 2.45) is 0 Å². The van der Waals surface area contributed by atoms with E-state index in [1.165, 1.54) is 0 Å². The van der Waals surface area contributed by atoms with E-state index in [1.807, 2.05) is 13.8 Å². The van der Waals surface area contributed by atoms with Gasteiger partial charge in [0, 0.05) is 0 Å². The molecule has 9 nitrogen and oxygen atoms in total. The van der Waals surface area contributed by atoms with Crippen LogP contribution in [0.4, 0.5) is 0 Å². The summed E-state index contributed by atoms with van der Waals surface area (Å²) in [4.78, 5) is 19.3. The number of hydrogen-bond acceptors (Lipinski definition) is 6. The molecule has 2 atom stereocenters. The average molecular weight is 258 g/mol. The van der Waals surface area contributed by atoms with Crippen molar-refractivity contribution in [3.05, 3.63) is 0 Å². The van der Waals surface area contributed by atoms with Crippen LogP contribution in [0.2, 0.25) is 0 Å². The fourth-order valence-electron chi connectivity index (χ4n) is 0.258. The van der Waals surface area contributed by atoms with Crippen molar-refractivity contribution in [1.82, 2.24) is 0 Å². The molecule has 0 saturated heterocycles. The topological polar surface area (TPSA) is 207 Å². The Bertz CT molecular complexity index is 169. The Morgan fingerprint density at radius 1 is 1.00 bits per heavy atom. The predicted octanol–water partition coefficient (Wildman–Crippen LogP) is -7.12. The zero-order valence-corrected chi connectivity index (χ0v) is 10.0. The maximum Gasteiger partial charge on any atom is 0.124 e. The lowest BCUT2D eigenvalue weighted by molar-refractivity contribution is -0.362. The standard InChI is InChI=1S/C4H6O6.2C2H7N.H2O/c5-1(3(7)8)2(6)4(9)10;2*1-2-3;/h1-2,5-6H,(H,7,8)(H,9,10);2*2-3H2,1H3;1H2/t1-,2-;;;/m0.../s1. The summed E-state index contributed by atoms with van der Waals surface area (Å²) in [6.07, 6.45) is -4.88. The number of aliphatic hydroxyl groups excluding tert-OH is 2. The number of aliphatic hydroxyl groups is 2. The Morgan fingerprint density at radius 3 is 1.18 bits per heavy atom. The maximum absolute atomic E-state index is 9.63. The van der Waals surface area contributed by atoms with Crippen molar-refractivity contribution in [1.29, 1.82) is 0 Å². The second kappa shape index (κ2) is 17.1. The zero-order chi connectivity index (χ0) is 13.7. The molecule has 0 aromatic carbocycles. The summed E-state index contributed by atoms with van der Waals surface area (Å²) in [6, 6.07) is 0. The summed E-state index contributed by atoms with van der Waals surface area (Å²) in [5, 5.41) is 35.7. The first-order valence-electron chi connectivity index (χ1n) is 4.66. The molecule has 0 aromatic heterocycles. The summed E-state index contributed by atoms with van der Waals surface area (Å²) in [5.74, 6) is -4.12. The SMILES string of the molecule is CC[NH3+].CC[NH3+].O.O=C([O-])[C@@H](O)[C@H](O)C(=O)[O-]. The largest absolute Gasteiger partial charge is 0.547 e. The van der Waals surface area contributed by atoms with Gasteiger partial charge in [-0.3, -0.25) is 0 Å². The third-order valence-electron chi connectivity index (χ3n) is 0.782. The number of aliphatic carboxylic acids is 2. The smallest absolute Gasteiger partial charge is 0.124 e. The average Bonchev–Trinajstić information content (AvgIpc) is 2.17. The second-order valence-corrected chi connectivity index (χ2v) is 2.53. The molecule has 0 saturated carbocycles. The molecule has 0 radical (unpaired) electrons. The van der Waals surface area contributed by atoms with Gasteiger partial charge in [-0.05, 0) is 13.8 Å². The van der Waals surface area contributed by atoms with E-state index in [2.05, 4.69) is 11.5 Å². The monoisotopic (exact) mass is 258 g/mol. The van der Waals surface area contributed by atoms with E-state index in [0.29, 0.717) is 0 Å². The van der Waals surface area contributed by atoms with Crippen molar-refractivity contribution in [2.75, 3.05) is 13.1 Å². The molecule has 0 heterocycles. The maximum atomic E-state index is 9.63. The summed E-state index contributed by atoms with van der Waals surface area (Å²) in [5.41, 5.74) is 6.97. The van der Waals surface area contributed by atoms with Crippen LogP contribution in [0.1, 0.15) is 13.8 Å². The first-order valence-corrected chi connectivity index (χ1v) is 4.66. The highest BCUT2D eigenvalue weighted by atomic mass is 16.4. The molecule has 0 spiro atoms. The van der Waals surface area contributed by atoms with Crippen molar-refractivity contribution in [3.8, 4) is 0 Å². The van der Waals surface area contributed by atoms with Crippen molar-refractivity contribution in [3.63, 3.8) is 0 Å². The minimum Gasteiger partial charge on any atom is -0.547 e. The fraction of sp³-hybridized carbons (Fsp3) is 0.750. The zero-order valence-electron chi connectivity index (χ0n) is 10.0.